The van der Waals surface area contributed by atoms with E-state index in [1.807, 2.05) is 11.0 Å². The largest absolute Gasteiger partial charge is 0.375 e. The zero-order valence-corrected chi connectivity index (χ0v) is 14.8. The van der Waals surface area contributed by atoms with Gasteiger partial charge < -0.3 is 14.5 Å². The third-order valence-corrected chi connectivity index (χ3v) is 4.60. The SMILES string of the molecule is COCC(=O)N1CCC(c2ccnc3c(C(=O)N(C)C)cnn23)CC1. The maximum absolute atomic E-state index is 12.3. The van der Waals surface area contributed by atoms with E-state index in [1.54, 1.807) is 31.0 Å². The van der Waals surface area contributed by atoms with E-state index in [0.29, 0.717) is 24.3 Å². The summed E-state index contributed by atoms with van der Waals surface area (Å²) in [4.78, 5) is 31.9. The van der Waals surface area contributed by atoms with Crippen molar-refractivity contribution in [3.05, 3.63) is 29.7 Å². The number of nitrogens with zero attached hydrogens (tertiary/aromatic N) is 5. The number of amides is 2. The average molecular weight is 345 g/mol. The van der Waals surface area contributed by atoms with Crippen molar-refractivity contribution in [1.82, 2.24) is 24.4 Å². The van der Waals surface area contributed by atoms with Gasteiger partial charge in [0.05, 0.1) is 6.20 Å². The predicted molar refractivity (Wildman–Crippen MR) is 91.4 cm³/mol. The molecular weight excluding hydrogens is 322 g/mol. The summed E-state index contributed by atoms with van der Waals surface area (Å²) in [5.41, 5.74) is 2.11. The minimum atomic E-state index is -0.111. The number of ether oxygens (including phenoxy) is 1. The molecule has 0 atom stereocenters. The number of likely N-dealkylation sites (tertiary alicyclic amines) is 1. The molecule has 0 spiro atoms. The van der Waals surface area contributed by atoms with E-state index >= 15 is 0 Å². The molecule has 1 aliphatic rings. The number of rotatable bonds is 4. The molecule has 25 heavy (non-hydrogen) atoms. The number of fused-ring (bicyclic) bond motifs is 1. The van der Waals surface area contributed by atoms with Crippen LogP contribution in [0.5, 0.6) is 0 Å². The minimum Gasteiger partial charge on any atom is -0.375 e. The fourth-order valence-electron chi connectivity index (χ4n) is 3.25. The van der Waals surface area contributed by atoms with Gasteiger partial charge in [-0.2, -0.15) is 5.10 Å². The van der Waals surface area contributed by atoms with Crippen molar-refractivity contribution in [2.24, 2.45) is 0 Å². The predicted octanol–water partition coefficient (Wildman–Crippen LogP) is 0.783. The molecule has 0 aromatic carbocycles. The van der Waals surface area contributed by atoms with Crippen molar-refractivity contribution in [2.45, 2.75) is 18.8 Å². The molecule has 1 saturated heterocycles. The number of hydrogen-bond acceptors (Lipinski definition) is 5. The maximum Gasteiger partial charge on any atom is 0.258 e. The topological polar surface area (TPSA) is 80.0 Å². The highest BCUT2D eigenvalue weighted by molar-refractivity contribution is 5.99. The van der Waals surface area contributed by atoms with Gasteiger partial charge in [0.1, 0.15) is 12.2 Å². The number of aromatic nitrogens is 3. The lowest BCUT2D eigenvalue weighted by atomic mass is 9.93. The van der Waals surface area contributed by atoms with E-state index in [9.17, 15) is 9.59 Å². The molecule has 1 aliphatic heterocycles. The molecule has 0 radical (unpaired) electrons. The second-order valence-corrected chi connectivity index (χ2v) is 6.45. The van der Waals surface area contributed by atoms with Crippen LogP contribution in [-0.4, -0.2) is 77.1 Å². The van der Waals surface area contributed by atoms with Crippen LogP contribution in [0.4, 0.5) is 0 Å². The fraction of sp³-hybridized carbons (Fsp3) is 0.529. The minimum absolute atomic E-state index is 0.0266. The monoisotopic (exact) mass is 345 g/mol. The van der Waals surface area contributed by atoms with Crippen molar-refractivity contribution in [2.75, 3.05) is 40.9 Å². The first kappa shape index (κ1) is 17.3. The van der Waals surface area contributed by atoms with Crippen molar-refractivity contribution < 1.29 is 14.3 Å². The van der Waals surface area contributed by atoms with Crippen LogP contribution in [0.2, 0.25) is 0 Å². The van der Waals surface area contributed by atoms with Gasteiger partial charge in [-0.3, -0.25) is 9.59 Å². The molecule has 0 saturated carbocycles. The van der Waals surface area contributed by atoms with E-state index in [0.717, 1.165) is 18.5 Å². The van der Waals surface area contributed by atoms with Crippen LogP contribution in [0.15, 0.2) is 18.5 Å². The Morgan fingerprint density at radius 2 is 2.04 bits per heavy atom. The Bertz CT molecular complexity index is 778. The standard InChI is InChI=1S/C17H23N5O3/c1-20(2)17(24)13-10-19-22-14(4-7-18-16(13)22)12-5-8-21(9-6-12)15(23)11-25-3/h4,7,10,12H,5-6,8-9,11H2,1-3H3. The zero-order chi connectivity index (χ0) is 18.0. The van der Waals surface area contributed by atoms with Gasteiger partial charge in [0.2, 0.25) is 5.91 Å². The Hall–Kier alpha value is -2.48. The molecule has 134 valence electrons. The summed E-state index contributed by atoms with van der Waals surface area (Å²) in [7, 11) is 4.95. The summed E-state index contributed by atoms with van der Waals surface area (Å²) in [5.74, 6) is 0.192. The molecular formula is C17H23N5O3. The van der Waals surface area contributed by atoms with E-state index in [1.165, 1.54) is 12.0 Å². The number of carbonyl (C=O) groups excluding carboxylic acids is 2. The van der Waals surface area contributed by atoms with Gasteiger partial charge in [0.25, 0.3) is 5.91 Å². The third-order valence-electron chi connectivity index (χ3n) is 4.60. The quantitative estimate of drug-likeness (QED) is 0.818. The number of carbonyl (C=O) groups is 2. The molecule has 3 heterocycles. The summed E-state index contributed by atoms with van der Waals surface area (Å²) < 4.78 is 6.68. The molecule has 3 rings (SSSR count). The van der Waals surface area contributed by atoms with Crippen LogP contribution < -0.4 is 0 Å². The summed E-state index contributed by atoms with van der Waals surface area (Å²) in [6, 6.07) is 1.95. The van der Waals surface area contributed by atoms with Crippen LogP contribution in [-0.2, 0) is 9.53 Å². The molecule has 8 heteroatoms. The Labute approximate surface area is 146 Å². The number of hydrogen-bond donors (Lipinski definition) is 0. The molecule has 8 nitrogen and oxygen atoms in total. The van der Waals surface area contributed by atoms with Gasteiger partial charge in [-0.15, -0.1) is 0 Å². The molecule has 2 aromatic heterocycles. The van der Waals surface area contributed by atoms with E-state index in [2.05, 4.69) is 10.1 Å². The first-order valence-corrected chi connectivity index (χ1v) is 8.34. The Morgan fingerprint density at radius 1 is 1.32 bits per heavy atom. The lowest BCUT2D eigenvalue weighted by molar-refractivity contribution is -0.136. The van der Waals surface area contributed by atoms with Crippen LogP contribution in [0.1, 0.15) is 34.8 Å². The summed E-state index contributed by atoms with van der Waals surface area (Å²) in [6.45, 7) is 1.52. The molecule has 1 fully saturated rings. The lowest BCUT2D eigenvalue weighted by Gasteiger charge is -2.32. The van der Waals surface area contributed by atoms with Gasteiger partial charge in [-0.25, -0.2) is 9.50 Å². The van der Waals surface area contributed by atoms with Gasteiger partial charge in [-0.1, -0.05) is 0 Å². The van der Waals surface area contributed by atoms with Crippen molar-refractivity contribution >= 4 is 17.5 Å². The highest BCUT2D eigenvalue weighted by Gasteiger charge is 2.26. The summed E-state index contributed by atoms with van der Waals surface area (Å²) in [5, 5.41) is 4.39. The van der Waals surface area contributed by atoms with Gasteiger partial charge in [0.15, 0.2) is 5.65 Å². The third kappa shape index (κ3) is 3.34. The Morgan fingerprint density at radius 3 is 2.68 bits per heavy atom. The first-order valence-electron chi connectivity index (χ1n) is 8.34. The normalized spacial score (nSPS) is 15.6. The summed E-state index contributed by atoms with van der Waals surface area (Å²) in [6.07, 6.45) is 5.00. The smallest absolute Gasteiger partial charge is 0.258 e. The summed E-state index contributed by atoms with van der Waals surface area (Å²) >= 11 is 0. The van der Waals surface area contributed by atoms with Crippen molar-refractivity contribution in [1.29, 1.82) is 0 Å². The lowest BCUT2D eigenvalue weighted by Crippen LogP contribution is -2.40. The first-order chi connectivity index (χ1) is 12.0. The van der Waals surface area contributed by atoms with Gasteiger partial charge in [0, 0.05) is 52.1 Å². The molecule has 0 aliphatic carbocycles. The highest BCUT2D eigenvalue weighted by atomic mass is 16.5. The van der Waals surface area contributed by atoms with Gasteiger partial charge >= 0.3 is 0 Å². The van der Waals surface area contributed by atoms with Crippen molar-refractivity contribution in [3.63, 3.8) is 0 Å². The molecule has 0 unspecified atom stereocenters. The molecule has 0 bridgehead atoms. The zero-order valence-electron chi connectivity index (χ0n) is 14.8. The van der Waals surface area contributed by atoms with E-state index < -0.39 is 0 Å². The molecule has 0 N–H and O–H groups in total. The fourth-order valence-corrected chi connectivity index (χ4v) is 3.25. The average Bonchev–Trinajstić information content (AvgIpc) is 3.05. The van der Waals surface area contributed by atoms with Crippen LogP contribution >= 0.6 is 0 Å². The van der Waals surface area contributed by atoms with Crippen molar-refractivity contribution in [3.8, 4) is 0 Å². The Kier molecular flexibility index (Phi) is 4.98. The van der Waals surface area contributed by atoms with Crippen LogP contribution in [0, 0.1) is 0 Å². The molecule has 2 aromatic rings. The van der Waals surface area contributed by atoms with Gasteiger partial charge in [-0.05, 0) is 18.9 Å². The Balaban J connectivity index is 1.81. The number of piperidine rings is 1. The highest BCUT2D eigenvalue weighted by Crippen LogP contribution is 2.28. The maximum atomic E-state index is 12.3. The van der Waals surface area contributed by atoms with E-state index in [4.69, 9.17) is 4.74 Å². The second-order valence-electron chi connectivity index (χ2n) is 6.45. The van der Waals surface area contributed by atoms with Crippen LogP contribution in [0.3, 0.4) is 0 Å². The molecule has 2 amide bonds. The number of methoxy groups -OCH3 is 1. The van der Waals surface area contributed by atoms with Crippen LogP contribution in [0.25, 0.3) is 5.65 Å². The van der Waals surface area contributed by atoms with E-state index in [-0.39, 0.29) is 24.3 Å². The second kappa shape index (κ2) is 7.18.